The highest BCUT2D eigenvalue weighted by atomic mass is 35.5. The molecule has 0 radical (unpaired) electrons. The topological polar surface area (TPSA) is 83.5 Å². The van der Waals surface area contributed by atoms with E-state index in [-0.39, 0.29) is 0 Å². The number of aromatic nitrogens is 1. The Morgan fingerprint density at radius 2 is 1.78 bits per heavy atom. The first-order valence-electron chi connectivity index (χ1n) is 6.47. The minimum Gasteiger partial charge on any atom is -0.726 e. The molecule has 3 rings (SSSR count). The third-order valence-electron chi connectivity index (χ3n) is 3.01. The molecule has 0 atom stereocenters. The second-order valence-corrected chi connectivity index (χ2v) is 6.11. The maximum atomic E-state index is 9.22. The Morgan fingerprint density at radius 3 is 2.35 bits per heavy atom. The maximum absolute atomic E-state index is 9.22. The van der Waals surface area contributed by atoms with E-state index in [0.717, 1.165) is 34.4 Å². The van der Waals surface area contributed by atoms with E-state index < -0.39 is 10.4 Å². The second kappa shape index (κ2) is 7.10. The largest absolute Gasteiger partial charge is 0.726 e. The van der Waals surface area contributed by atoms with Crippen LogP contribution in [0.25, 0.3) is 22.2 Å². The monoisotopic (exact) mass is 355 g/mol. The summed E-state index contributed by atoms with van der Waals surface area (Å²) >= 11 is 6.04. The fraction of sp³-hybridized carbons (Fsp3) is 0.133. The Balaban J connectivity index is 0.000000277. The number of benzene rings is 2. The molecular weight excluding hydrogens is 342 g/mol. The van der Waals surface area contributed by atoms with E-state index in [1.54, 1.807) is 4.74 Å². The SMILES string of the molecule is COS(=O)(=O)[O-].C[n+]1oc(-c2ccccc2)c2cc(Cl)ccc21. The number of fused-ring (bicyclic) bond motifs is 1. The lowest BCUT2D eigenvalue weighted by Gasteiger charge is -1.98. The summed E-state index contributed by atoms with van der Waals surface area (Å²) < 4.78 is 38.5. The molecule has 3 aromatic rings. The first-order chi connectivity index (χ1) is 10.8. The van der Waals surface area contributed by atoms with E-state index in [4.69, 9.17) is 16.1 Å². The molecule has 0 N–H and O–H groups in total. The molecule has 0 unspecified atom stereocenters. The van der Waals surface area contributed by atoms with Gasteiger partial charge in [0.1, 0.15) is 5.39 Å². The molecular formula is C15H14ClNO5S. The summed E-state index contributed by atoms with van der Waals surface area (Å²) in [7, 11) is -1.71. The van der Waals surface area contributed by atoms with Gasteiger partial charge in [-0.05, 0) is 16.9 Å². The average Bonchev–Trinajstić information content (AvgIpc) is 2.84. The number of halogens is 1. The van der Waals surface area contributed by atoms with Gasteiger partial charge in [0.2, 0.25) is 16.2 Å². The number of aryl methyl sites for hydroxylation is 1. The number of rotatable bonds is 2. The van der Waals surface area contributed by atoms with Crippen LogP contribution in [-0.2, 0) is 21.6 Å². The Hall–Kier alpha value is -1.93. The van der Waals surface area contributed by atoms with Crippen LogP contribution < -0.4 is 4.74 Å². The van der Waals surface area contributed by atoms with E-state index in [1.807, 2.05) is 55.6 Å². The van der Waals surface area contributed by atoms with Gasteiger partial charge in [0, 0.05) is 16.7 Å². The Morgan fingerprint density at radius 1 is 1.17 bits per heavy atom. The second-order valence-electron chi connectivity index (χ2n) is 4.52. The molecule has 23 heavy (non-hydrogen) atoms. The lowest BCUT2D eigenvalue weighted by atomic mass is 10.1. The van der Waals surface area contributed by atoms with Crippen molar-refractivity contribution in [3.8, 4) is 11.3 Å². The number of hydrogen-bond donors (Lipinski definition) is 0. The standard InChI is InChI=1S/C14H11ClNO.CH4O4S/c1-16-13-8-7-11(15)9-12(13)14(17-16)10-5-3-2-4-6-10;1-5-6(2,3)4/h2-9H,1H3;1H3,(H,2,3,4)/q+1;/p-1. The summed E-state index contributed by atoms with van der Waals surface area (Å²) in [5.74, 6) is 0.852. The van der Waals surface area contributed by atoms with Crippen molar-refractivity contribution < 1.29 is 26.4 Å². The van der Waals surface area contributed by atoms with Crippen LogP contribution in [0, 0.1) is 0 Å². The first kappa shape index (κ1) is 17.4. The van der Waals surface area contributed by atoms with Crippen LogP contribution in [0.15, 0.2) is 53.1 Å². The van der Waals surface area contributed by atoms with Crippen molar-refractivity contribution in [2.45, 2.75) is 0 Å². The van der Waals surface area contributed by atoms with Gasteiger partial charge in [-0.2, -0.15) is 0 Å². The predicted molar refractivity (Wildman–Crippen MR) is 84.5 cm³/mol. The summed E-state index contributed by atoms with van der Waals surface area (Å²) in [4.78, 5) is 0. The first-order valence-corrected chi connectivity index (χ1v) is 8.18. The zero-order valence-electron chi connectivity index (χ0n) is 12.4. The summed E-state index contributed by atoms with van der Waals surface area (Å²) in [6, 6.07) is 15.8. The highest BCUT2D eigenvalue weighted by Crippen LogP contribution is 2.29. The van der Waals surface area contributed by atoms with Crippen LogP contribution in [0.1, 0.15) is 0 Å². The van der Waals surface area contributed by atoms with E-state index in [2.05, 4.69) is 4.18 Å². The normalized spacial score (nSPS) is 11.1. The molecule has 0 aliphatic heterocycles. The molecule has 6 nitrogen and oxygen atoms in total. The van der Waals surface area contributed by atoms with Crippen molar-refractivity contribution in [1.29, 1.82) is 0 Å². The van der Waals surface area contributed by atoms with Gasteiger partial charge in [-0.3, -0.25) is 4.18 Å². The van der Waals surface area contributed by atoms with Crippen LogP contribution in [0.2, 0.25) is 5.02 Å². The molecule has 1 aromatic heterocycles. The minimum atomic E-state index is -4.41. The van der Waals surface area contributed by atoms with Gasteiger partial charge in [-0.1, -0.05) is 41.9 Å². The highest BCUT2D eigenvalue weighted by Gasteiger charge is 2.19. The summed E-state index contributed by atoms with van der Waals surface area (Å²) in [6.07, 6.45) is 0. The molecule has 0 saturated carbocycles. The van der Waals surface area contributed by atoms with Crippen LogP contribution in [-0.4, -0.2) is 20.1 Å². The van der Waals surface area contributed by atoms with Crippen molar-refractivity contribution in [3.63, 3.8) is 0 Å². The van der Waals surface area contributed by atoms with Crippen molar-refractivity contribution in [2.24, 2.45) is 7.05 Å². The third kappa shape index (κ3) is 4.52. The van der Waals surface area contributed by atoms with Gasteiger partial charge in [0.25, 0.3) is 5.52 Å². The van der Waals surface area contributed by atoms with Crippen LogP contribution in [0.5, 0.6) is 0 Å². The smallest absolute Gasteiger partial charge is 0.262 e. The van der Waals surface area contributed by atoms with Crippen molar-refractivity contribution in [3.05, 3.63) is 53.6 Å². The van der Waals surface area contributed by atoms with E-state index in [1.165, 1.54) is 0 Å². The molecule has 0 fully saturated rings. The maximum Gasteiger partial charge on any atom is 0.262 e. The third-order valence-corrected chi connectivity index (χ3v) is 3.65. The summed E-state index contributed by atoms with van der Waals surface area (Å²) in [5.41, 5.74) is 2.09. The van der Waals surface area contributed by atoms with E-state index in [9.17, 15) is 13.0 Å². The fourth-order valence-electron chi connectivity index (χ4n) is 2.00. The Kier molecular flexibility index (Phi) is 5.38. The predicted octanol–water partition coefficient (Wildman–Crippen LogP) is 2.67. The van der Waals surface area contributed by atoms with E-state index in [0.29, 0.717) is 0 Å². The molecule has 122 valence electrons. The quantitative estimate of drug-likeness (QED) is 0.401. The Bertz CT molecular complexity index is 906. The average molecular weight is 356 g/mol. The van der Waals surface area contributed by atoms with Crippen LogP contribution >= 0.6 is 11.6 Å². The zero-order chi connectivity index (χ0) is 17.0. The minimum absolute atomic E-state index is 0.719. The van der Waals surface area contributed by atoms with Crippen molar-refractivity contribution in [2.75, 3.05) is 7.11 Å². The van der Waals surface area contributed by atoms with Gasteiger partial charge in [0.05, 0.1) is 7.11 Å². The number of hydrogen-bond acceptors (Lipinski definition) is 5. The molecule has 2 aromatic carbocycles. The molecule has 0 aliphatic rings. The van der Waals surface area contributed by atoms with Crippen molar-refractivity contribution in [1.82, 2.24) is 0 Å². The van der Waals surface area contributed by atoms with Gasteiger partial charge < -0.3 is 4.55 Å². The van der Waals surface area contributed by atoms with Crippen LogP contribution in [0.4, 0.5) is 0 Å². The summed E-state index contributed by atoms with van der Waals surface area (Å²) in [6.45, 7) is 0. The molecule has 0 saturated heterocycles. The molecule has 1 heterocycles. The lowest BCUT2D eigenvalue weighted by Crippen LogP contribution is -2.24. The lowest BCUT2D eigenvalue weighted by molar-refractivity contribution is -0.823. The van der Waals surface area contributed by atoms with Gasteiger partial charge in [-0.15, -0.1) is 0 Å². The highest BCUT2D eigenvalue weighted by molar-refractivity contribution is 7.80. The van der Waals surface area contributed by atoms with Gasteiger partial charge in [-0.25, -0.2) is 12.9 Å². The fourth-order valence-corrected chi connectivity index (χ4v) is 2.17. The number of nitrogens with zero attached hydrogens (tertiary/aromatic N) is 1. The van der Waals surface area contributed by atoms with E-state index >= 15 is 0 Å². The summed E-state index contributed by atoms with van der Waals surface area (Å²) in [5, 5.41) is 1.75. The van der Waals surface area contributed by atoms with Crippen molar-refractivity contribution >= 4 is 32.9 Å². The molecule has 0 aliphatic carbocycles. The molecule has 8 heteroatoms. The Labute approximate surface area is 138 Å². The van der Waals surface area contributed by atoms with Crippen LogP contribution in [0.3, 0.4) is 0 Å². The van der Waals surface area contributed by atoms with Gasteiger partial charge in [0.15, 0.2) is 7.05 Å². The zero-order valence-corrected chi connectivity index (χ0v) is 14.0. The molecule has 0 amide bonds. The van der Waals surface area contributed by atoms with Gasteiger partial charge >= 0.3 is 0 Å². The molecule has 0 bridgehead atoms. The molecule has 0 spiro atoms.